The lowest BCUT2D eigenvalue weighted by atomic mass is 10.3. The van der Waals surface area contributed by atoms with Crippen LogP contribution in [0.5, 0.6) is 0 Å². The number of nitrogens with one attached hydrogen (secondary N) is 1. The Labute approximate surface area is 47.8 Å². The number of rotatable bonds is 1. The largest absolute Gasteiger partial charge is 0.302 e. The van der Waals surface area contributed by atoms with E-state index in [0.717, 1.165) is 12.8 Å². The van der Waals surface area contributed by atoms with Crippen molar-refractivity contribution in [3.63, 3.8) is 0 Å². The maximum Gasteiger partial charge on any atom is 0.138 e. The molecule has 0 aromatic heterocycles. The number of hydrogen-bond donors (Lipinski definition) is 1. The monoisotopic (exact) mass is 112 g/mol. The first-order valence-electron chi connectivity index (χ1n) is 2.60. The van der Waals surface area contributed by atoms with Crippen molar-refractivity contribution >= 4 is 12.5 Å². The van der Waals surface area contributed by atoms with Gasteiger partial charge in [0.15, 0.2) is 0 Å². The highest BCUT2D eigenvalue weighted by Crippen LogP contribution is 1.83. The molecule has 44 valence electrons. The van der Waals surface area contributed by atoms with Crippen molar-refractivity contribution in [2.75, 3.05) is 13.1 Å². The van der Waals surface area contributed by atoms with Crippen molar-refractivity contribution in [1.82, 2.24) is 5.32 Å². The molecule has 1 atom stereocenters. The number of carbonyl (C=O) groups excluding carboxylic acids is 1. The van der Waals surface area contributed by atoms with E-state index >= 15 is 0 Å². The second kappa shape index (κ2) is 2.57. The van der Waals surface area contributed by atoms with Crippen molar-refractivity contribution in [2.45, 2.75) is 6.04 Å². The maximum absolute atomic E-state index is 10.0. The summed E-state index contributed by atoms with van der Waals surface area (Å²) >= 11 is 0. The maximum atomic E-state index is 10.0. The topological polar surface area (TPSA) is 41.5 Å². The Bertz CT molecular complexity index is 111. The van der Waals surface area contributed by atoms with E-state index in [-0.39, 0.29) is 6.04 Å². The lowest BCUT2D eigenvalue weighted by Gasteiger charge is -2.10. The minimum atomic E-state index is -0.0417. The van der Waals surface area contributed by atoms with Crippen LogP contribution in [0.1, 0.15) is 0 Å². The Morgan fingerprint density at radius 2 is 2.75 bits per heavy atom. The molecule has 1 N–H and O–H groups in total. The summed E-state index contributed by atoms with van der Waals surface area (Å²) in [6.45, 7) is 1.33. The van der Waals surface area contributed by atoms with E-state index in [0.29, 0.717) is 6.54 Å². The van der Waals surface area contributed by atoms with Crippen LogP contribution in [0.3, 0.4) is 0 Å². The highest BCUT2D eigenvalue weighted by molar-refractivity contribution is 5.66. The predicted octanol–water partition coefficient (Wildman–Crippen LogP) is -0.772. The average Bonchev–Trinajstić information content (AvgIpc) is 1.90. The summed E-state index contributed by atoms with van der Waals surface area (Å²) < 4.78 is 0. The van der Waals surface area contributed by atoms with Crippen molar-refractivity contribution in [3.05, 3.63) is 0 Å². The van der Waals surface area contributed by atoms with Crippen LogP contribution in [0.25, 0.3) is 0 Å². The van der Waals surface area contributed by atoms with Crippen molar-refractivity contribution in [2.24, 2.45) is 4.99 Å². The summed E-state index contributed by atoms with van der Waals surface area (Å²) in [6.07, 6.45) is 2.66. The lowest BCUT2D eigenvalue weighted by Crippen LogP contribution is -2.37. The zero-order valence-electron chi connectivity index (χ0n) is 4.50. The second-order valence-corrected chi connectivity index (χ2v) is 1.70. The van der Waals surface area contributed by atoms with E-state index in [1.165, 1.54) is 0 Å². The summed E-state index contributed by atoms with van der Waals surface area (Å²) in [5, 5.41) is 2.95. The molecule has 1 heterocycles. The fourth-order valence-corrected chi connectivity index (χ4v) is 0.612. The van der Waals surface area contributed by atoms with Crippen LogP contribution in [-0.2, 0) is 4.79 Å². The molecule has 0 aromatic rings. The van der Waals surface area contributed by atoms with Gasteiger partial charge in [0.25, 0.3) is 0 Å². The van der Waals surface area contributed by atoms with E-state index in [9.17, 15) is 4.79 Å². The minimum Gasteiger partial charge on any atom is -0.302 e. The zero-order chi connectivity index (χ0) is 5.82. The Morgan fingerprint density at radius 1 is 1.88 bits per heavy atom. The third-order valence-electron chi connectivity index (χ3n) is 1.07. The Kier molecular flexibility index (Phi) is 1.75. The first-order chi connectivity index (χ1) is 3.93. The van der Waals surface area contributed by atoms with Crippen molar-refractivity contribution in [1.29, 1.82) is 0 Å². The van der Waals surface area contributed by atoms with Gasteiger partial charge in [0.05, 0.1) is 12.6 Å². The van der Waals surface area contributed by atoms with Crippen LogP contribution in [-0.4, -0.2) is 31.6 Å². The molecule has 0 saturated heterocycles. The third-order valence-corrected chi connectivity index (χ3v) is 1.07. The predicted molar refractivity (Wildman–Crippen MR) is 31.2 cm³/mol. The highest BCUT2D eigenvalue weighted by atomic mass is 16.1. The summed E-state index contributed by atoms with van der Waals surface area (Å²) in [6, 6.07) is -0.0417. The summed E-state index contributed by atoms with van der Waals surface area (Å²) in [4.78, 5) is 13.9. The molecule has 0 aliphatic carbocycles. The van der Waals surface area contributed by atoms with Crippen molar-refractivity contribution in [3.8, 4) is 0 Å². The standard InChI is InChI=1S/C5H8N2O/c8-4-5-3-6-1-2-7-5/h1,4-5,7H,2-3H2. The number of carbonyl (C=O) groups is 1. The fourth-order valence-electron chi connectivity index (χ4n) is 0.612. The van der Waals surface area contributed by atoms with Crippen LogP contribution in [0.4, 0.5) is 0 Å². The smallest absolute Gasteiger partial charge is 0.138 e. The molecule has 1 unspecified atom stereocenters. The molecule has 0 spiro atoms. The number of nitrogens with zero attached hydrogens (tertiary/aromatic N) is 1. The molecule has 0 fully saturated rings. The summed E-state index contributed by atoms with van der Waals surface area (Å²) in [7, 11) is 0. The molecule has 0 amide bonds. The van der Waals surface area contributed by atoms with Gasteiger partial charge in [-0.2, -0.15) is 0 Å². The van der Waals surface area contributed by atoms with Gasteiger partial charge in [-0.1, -0.05) is 0 Å². The zero-order valence-corrected chi connectivity index (χ0v) is 4.50. The third kappa shape index (κ3) is 1.13. The van der Waals surface area contributed by atoms with Gasteiger partial charge in [-0.05, 0) is 0 Å². The second-order valence-electron chi connectivity index (χ2n) is 1.70. The fraction of sp³-hybridized carbons (Fsp3) is 0.600. The Hall–Kier alpha value is -0.700. The van der Waals surface area contributed by atoms with E-state index in [1.807, 2.05) is 0 Å². The molecule has 1 aliphatic rings. The Morgan fingerprint density at radius 3 is 3.12 bits per heavy atom. The van der Waals surface area contributed by atoms with Crippen LogP contribution in [0, 0.1) is 0 Å². The summed E-state index contributed by atoms with van der Waals surface area (Å²) in [5.74, 6) is 0. The number of aldehydes is 1. The lowest BCUT2D eigenvalue weighted by molar-refractivity contribution is -0.109. The van der Waals surface area contributed by atoms with Gasteiger partial charge in [-0.15, -0.1) is 0 Å². The molecule has 0 saturated carbocycles. The average molecular weight is 112 g/mol. The quantitative estimate of drug-likeness (QED) is 0.452. The number of aliphatic imine (C=N–C) groups is 1. The van der Waals surface area contributed by atoms with E-state index in [4.69, 9.17) is 0 Å². The van der Waals surface area contributed by atoms with Crippen LogP contribution < -0.4 is 5.32 Å². The molecular formula is C5H8N2O. The van der Waals surface area contributed by atoms with E-state index in [2.05, 4.69) is 10.3 Å². The van der Waals surface area contributed by atoms with Gasteiger partial charge in [-0.3, -0.25) is 4.99 Å². The normalized spacial score (nSPS) is 27.8. The first-order valence-corrected chi connectivity index (χ1v) is 2.60. The first kappa shape index (κ1) is 5.44. The molecule has 0 aromatic carbocycles. The molecular weight excluding hydrogens is 104 g/mol. The van der Waals surface area contributed by atoms with Gasteiger partial charge in [0.1, 0.15) is 6.29 Å². The summed E-state index contributed by atoms with van der Waals surface area (Å²) in [5.41, 5.74) is 0. The molecule has 0 bridgehead atoms. The molecule has 8 heavy (non-hydrogen) atoms. The molecule has 1 rings (SSSR count). The van der Waals surface area contributed by atoms with E-state index in [1.54, 1.807) is 6.21 Å². The Balaban J connectivity index is 2.37. The number of hydrogen-bond acceptors (Lipinski definition) is 3. The minimum absolute atomic E-state index is 0.0417. The van der Waals surface area contributed by atoms with Gasteiger partial charge in [0.2, 0.25) is 0 Å². The van der Waals surface area contributed by atoms with Crippen LogP contribution in [0.2, 0.25) is 0 Å². The van der Waals surface area contributed by atoms with Gasteiger partial charge in [-0.25, -0.2) is 0 Å². The SMILES string of the molecule is O=CC1CN=CCN1. The molecule has 1 aliphatic heterocycles. The molecule has 3 heteroatoms. The van der Waals surface area contributed by atoms with Crippen LogP contribution >= 0.6 is 0 Å². The van der Waals surface area contributed by atoms with E-state index < -0.39 is 0 Å². The van der Waals surface area contributed by atoms with Crippen molar-refractivity contribution < 1.29 is 4.79 Å². The molecule has 0 radical (unpaired) electrons. The van der Waals surface area contributed by atoms with Gasteiger partial charge < -0.3 is 10.1 Å². The van der Waals surface area contributed by atoms with Gasteiger partial charge in [0, 0.05) is 12.8 Å². The van der Waals surface area contributed by atoms with Crippen LogP contribution in [0.15, 0.2) is 4.99 Å². The van der Waals surface area contributed by atoms with Gasteiger partial charge >= 0.3 is 0 Å². The highest BCUT2D eigenvalue weighted by Gasteiger charge is 2.05. The molecule has 3 nitrogen and oxygen atoms in total.